The maximum atomic E-state index is 12.5. The number of amides is 1. The van der Waals surface area contributed by atoms with Crippen molar-refractivity contribution in [2.75, 3.05) is 13.2 Å². The second kappa shape index (κ2) is 54.9. The zero-order chi connectivity index (χ0) is 47.2. The Balaban J connectivity index is 3.51. The molecule has 2 atom stereocenters. The molecule has 0 aliphatic carbocycles. The first-order chi connectivity index (χ1) is 32.0. The standard InChI is InChI=1S/C59H113NO5/c1-3-5-7-9-11-13-15-17-19-20-21-22-23-25-27-31-35-39-43-47-51-57(62)56(55-61)60-58(63)52-48-44-40-36-32-28-26-30-34-38-42-46-50-54-65-59(64)53-49-45-41-37-33-29-24-18-16-14-12-10-8-6-4-2/h28,32,47,51,56-57,61-62H,3-27,29-31,33-46,48-50,52-55H2,1-2H3,(H,60,63)/b32-28-,51-47+. The molecule has 0 fully saturated rings. The van der Waals surface area contributed by atoms with Crippen LogP contribution in [0.1, 0.15) is 316 Å². The summed E-state index contributed by atoms with van der Waals surface area (Å²) in [6.07, 6.45) is 66.3. The Labute approximate surface area is 405 Å². The summed E-state index contributed by atoms with van der Waals surface area (Å²) in [5.74, 6) is -0.106. The van der Waals surface area contributed by atoms with Gasteiger partial charge in [-0.2, -0.15) is 0 Å². The van der Waals surface area contributed by atoms with Crippen molar-refractivity contribution in [2.45, 2.75) is 328 Å². The molecule has 0 aliphatic heterocycles. The van der Waals surface area contributed by atoms with Gasteiger partial charge in [-0.15, -0.1) is 0 Å². The van der Waals surface area contributed by atoms with Crippen LogP contribution in [0.2, 0.25) is 0 Å². The molecule has 6 nitrogen and oxygen atoms in total. The molecule has 2 unspecified atom stereocenters. The minimum absolute atomic E-state index is 0.0107. The van der Waals surface area contributed by atoms with Crippen LogP contribution in [0.5, 0.6) is 0 Å². The number of carbonyl (C=O) groups is 2. The van der Waals surface area contributed by atoms with Crippen LogP contribution in [0.4, 0.5) is 0 Å². The highest BCUT2D eigenvalue weighted by Crippen LogP contribution is 2.17. The number of carbonyl (C=O) groups excluding carboxylic acids is 2. The number of ether oxygens (including phenoxy) is 1. The Bertz CT molecular complexity index is 1010. The Morgan fingerprint density at radius 3 is 1.11 bits per heavy atom. The highest BCUT2D eigenvalue weighted by Gasteiger charge is 2.18. The lowest BCUT2D eigenvalue weighted by atomic mass is 10.0. The van der Waals surface area contributed by atoms with Crippen molar-refractivity contribution in [1.29, 1.82) is 0 Å². The van der Waals surface area contributed by atoms with Crippen molar-refractivity contribution in [2.24, 2.45) is 0 Å². The Morgan fingerprint density at radius 2 is 0.723 bits per heavy atom. The number of hydrogen-bond donors (Lipinski definition) is 3. The van der Waals surface area contributed by atoms with Crippen LogP contribution in [0.25, 0.3) is 0 Å². The van der Waals surface area contributed by atoms with Gasteiger partial charge in [-0.1, -0.05) is 269 Å². The Kier molecular flexibility index (Phi) is 53.5. The Morgan fingerprint density at radius 1 is 0.415 bits per heavy atom. The van der Waals surface area contributed by atoms with Crippen LogP contribution < -0.4 is 5.32 Å². The summed E-state index contributed by atoms with van der Waals surface area (Å²) >= 11 is 0. The average Bonchev–Trinajstić information content (AvgIpc) is 3.31. The minimum Gasteiger partial charge on any atom is -0.466 e. The van der Waals surface area contributed by atoms with E-state index in [2.05, 4.69) is 31.3 Å². The van der Waals surface area contributed by atoms with Crippen LogP contribution in [0, 0.1) is 0 Å². The van der Waals surface area contributed by atoms with Crippen LogP contribution in [0.15, 0.2) is 24.3 Å². The molecule has 0 aromatic rings. The summed E-state index contributed by atoms with van der Waals surface area (Å²) < 4.78 is 5.47. The lowest BCUT2D eigenvalue weighted by molar-refractivity contribution is -0.143. The van der Waals surface area contributed by atoms with E-state index >= 15 is 0 Å². The van der Waals surface area contributed by atoms with Gasteiger partial charge in [-0.25, -0.2) is 0 Å². The lowest BCUT2D eigenvalue weighted by Crippen LogP contribution is -2.45. The molecule has 0 spiro atoms. The molecule has 65 heavy (non-hydrogen) atoms. The van der Waals surface area contributed by atoms with Crippen LogP contribution >= 0.6 is 0 Å². The molecule has 0 bridgehead atoms. The van der Waals surface area contributed by atoms with E-state index < -0.39 is 12.1 Å². The van der Waals surface area contributed by atoms with Crippen molar-refractivity contribution < 1.29 is 24.5 Å². The van der Waals surface area contributed by atoms with Gasteiger partial charge < -0.3 is 20.3 Å². The maximum Gasteiger partial charge on any atom is 0.305 e. The van der Waals surface area contributed by atoms with Gasteiger partial charge in [0.2, 0.25) is 5.91 Å². The number of unbranched alkanes of at least 4 members (excludes halogenated alkanes) is 41. The number of hydrogen-bond acceptors (Lipinski definition) is 5. The number of esters is 1. The first-order valence-electron chi connectivity index (χ1n) is 29.1. The molecule has 0 saturated heterocycles. The van der Waals surface area contributed by atoms with E-state index in [1.54, 1.807) is 6.08 Å². The zero-order valence-corrected chi connectivity index (χ0v) is 43.7. The predicted molar refractivity (Wildman–Crippen MR) is 283 cm³/mol. The summed E-state index contributed by atoms with van der Waals surface area (Å²) in [5, 5.41) is 23.1. The first kappa shape index (κ1) is 63.3. The highest BCUT2D eigenvalue weighted by atomic mass is 16.5. The van der Waals surface area contributed by atoms with Gasteiger partial charge in [0, 0.05) is 12.8 Å². The predicted octanol–water partition coefficient (Wildman–Crippen LogP) is 17.9. The zero-order valence-electron chi connectivity index (χ0n) is 43.7. The molecule has 0 saturated carbocycles. The van der Waals surface area contributed by atoms with E-state index in [-0.39, 0.29) is 18.5 Å². The van der Waals surface area contributed by atoms with E-state index in [0.717, 1.165) is 70.6 Å². The molecule has 6 heteroatoms. The van der Waals surface area contributed by atoms with E-state index in [1.165, 1.54) is 218 Å². The quantitative estimate of drug-likeness (QED) is 0.0321. The number of rotatable bonds is 54. The summed E-state index contributed by atoms with van der Waals surface area (Å²) in [6, 6.07) is -0.648. The first-order valence-corrected chi connectivity index (χ1v) is 29.1. The molecule has 0 rings (SSSR count). The van der Waals surface area contributed by atoms with Crippen LogP contribution in [0.3, 0.4) is 0 Å². The van der Waals surface area contributed by atoms with Crippen molar-refractivity contribution in [3.8, 4) is 0 Å². The molecule has 0 aliphatic rings. The van der Waals surface area contributed by atoms with E-state index in [9.17, 15) is 19.8 Å². The molecule has 0 aromatic carbocycles. The largest absolute Gasteiger partial charge is 0.466 e. The van der Waals surface area contributed by atoms with E-state index in [0.29, 0.717) is 19.4 Å². The second-order valence-corrected chi connectivity index (χ2v) is 20.0. The maximum absolute atomic E-state index is 12.5. The van der Waals surface area contributed by atoms with E-state index in [4.69, 9.17) is 4.74 Å². The summed E-state index contributed by atoms with van der Waals surface area (Å²) in [7, 11) is 0. The minimum atomic E-state index is -0.862. The molecule has 0 aromatic heterocycles. The smallest absolute Gasteiger partial charge is 0.305 e. The van der Waals surface area contributed by atoms with Crippen molar-refractivity contribution in [3.63, 3.8) is 0 Å². The van der Waals surface area contributed by atoms with Crippen molar-refractivity contribution in [1.82, 2.24) is 5.32 Å². The normalized spacial score (nSPS) is 12.7. The number of aliphatic hydroxyl groups is 2. The molecule has 0 heterocycles. The topological polar surface area (TPSA) is 95.9 Å². The highest BCUT2D eigenvalue weighted by molar-refractivity contribution is 5.76. The Hall–Kier alpha value is -1.66. The lowest BCUT2D eigenvalue weighted by Gasteiger charge is -2.19. The van der Waals surface area contributed by atoms with Crippen molar-refractivity contribution in [3.05, 3.63) is 24.3 Å². The SMILES string of the molecule is CCCCCCCCCCCCCCCCCCCC/C=C/C(O)C(CO)NC(=O)CCCCC/C=C\CCCCCCCCOC(=O)CCCCCCCCCCCCCCCCC. The van der Waals surface area contributed by atoms with Crippen LogP contribution in [-0.4, -0.2) is 47.4 Å². The number of aliphatic hydroxyl groups excluding tert-OH is 2. The third-order valence-corrected chi connectivity index (χ3v) is 13.5. The van der Waals surface area contributed by atoms with Gasteiger partial charge in [0.1, 0.15) is 0 Å². The molecule has 0 radical (unpaired) electrons. The third kappa shape index (κ3) is 51.6. The molecular formula is C59H113NO5. The molecule has 3 N–H and O–H groups in total. The summed E-state index contributed by atoms with van der Waals surface area (Å²) in [5.41, 5.74) is 0. The molecule has 1 amide bonds. The third-order valence-electron chi connectivity index (χ3n) is 13.5. The van der Waals surface area contributed by atoms with Gasteiger partial charge in [0.05, 0.1) is 25.4 Å². The number of allylic oxidation sites excluding steroid dienone is 3. The van der Waals surface area contributed by atoms with Gasteiger partial charge in [-0.05, 0) is 57.8 Å². The van der Waals surface area contributed by atoms with Gasteiger partial charge >= 0.3 is 5.97 Å². The fraction of sp³-hybridized carbons (Fsp3) is 0.898. The monoisotopic (exact) mass is 916 g/mol. The van der Waals surface area contributed by atoms with Crippen molar-refractivity contribution >= 4 is 11.9 Å². The van der Waals surface area contributed by atoms with Gasteiger partial charge in [-0.3, -0.25) is 9.59 Å². The molecular weight excluding hydrogens is 803 g/mol. The van der Waals surface area contributed by atoms with Gasteiger partial charge in [0.25, 0.3) is 0 Å². The number of nitrogens with one attached hydrogen (secondary N) is 1. The fourth-order valence-corrected chi connectivity index (χ4v) is 8.98. The van der Waals surface area contributed by atoms with E-state index in [1.807, 2.05) is 6.08 Å². The molecule has 384 valence electrons. The fourth-order valence-electron chi connectivity index (χ4n) is 8.98. The van der Waals surface area contributed by atoms with Gasteiger partial charge in [0.15, 0.2) is 0 Å². The van der Waals surface area contributed by atoms with Crippen LogP contribution in [-0.2, 0) is 14.3 Å². The average molecular weight is 917 g/mol. The summed E-state index contributed by atoms with van der Waals surface area (Å²) in [6.45, 7) is 4.88. The second-order valence-electron chi connectivity index (χ2n) is 20.0. The summed E-state index contributed by atoms with van der Waals surface area (Å²) in [4.78, 5) is 24.5.